The van der Waals surface area contributed by atoms with E-state index in [0.717, 1.165) is 27.9 Å². The topological polar surface area (TPSA) is 43.6 Å². The van der Waals surface area contributed by atoms with Crippen molar-refractivity contribution in [2.45, 2.75) is 0 Å². The van der Waals surface area contributed by atoms with E-state index >= 15 is 0 Å². The molecule has 0 N–H and O–H groups in total. The molecule has 2 aromatic heterocycles. The molecule has 0 amide bonds. The van der Waals surface area contributed by atoms with E-state index in [1.54, 1.807) is 0 Å². The standard InChI is InChI=1S/C45H30N4/c1-4-13-31(14-5-1)35-19-12-20-36(29-35)37-25-28-40-39-21-10-11-22-41(39)49(42(40)30-37)38-26-23-34(24-27-38)45-47-43(32-15-6-2-7-16-32)46-44(48-45)33-17-8-3-9-18-33/h1-30H. The Morgan fingerprint density at radius 2 is 0.714 bits per heavy atom. The molecule has 0 radical (unpaired) electrons. The minimum absolute atomic E-state index is 0.641. The lowest BCUT2D eigenvalue weighted by Gasteiger charge is -2.11. The number of fused-ring (bicyclic) bond motifs is 3. The molecule has 9 aromatic rings. The van der Waals surface area contributed by atoms with E-state index in [0.29, 0.717) is 17.5 Å². The summed E-state index contributed by atoms with van der Waals surface area (Å²) in [5.41, 5.74) is 11.0. The van der Waals surface area contributed by atoms with Gasteiger partial charge in [-0.2, -0.15) is 0 Å². The van der Waals surface area contributed by atoms with Crippen LogP contribution >= 0.6 is 0 Å². The Morgan fingerprint density at radius 3 is 1.33 bits per heavy atom. The third-order valence-electron chi connectivity index (χ3n) is 9.06. The van der Waals surface area contributed by atoms with Crippen molar-refractivity contribution in [3.05, 3.63) is 182 Å². The molecule has 0 atom stereocenters. The normalized spacial score (nSPS) is 11.3. The highest BCUT2D eigenvalue weighted by molar-refractivity contribution is 6.10. The predicted molar refractivity (Wildman–Crippen MR) is 201 cm³/mol. The zero-order chi connectivity index (χ0) is 32.6. The van der Waals surface area contributed by atoms with Crippen molar-refractivity contribution in [1.82, 2.24) is 19.5 Å². The number of benzene rings is 7. The van der Waals surface area contributed by atoms with E-state index in [-0.39, 0.29) is 0 Å². The fourth-order valence-electron chi connectivity index (χ4n) is 6.63. The van der Waals surface area contributed by atoms with Gasteiger partial charge in [0.15, 0.2) is 17.5 Å². The first-order valence-corrected chi connectivity index (χ1v) is 16.5. The van der Waals surface area contributed by atoms with Gasteiger partial charge in [0.1, 0.15) is 0 Å². The smallest absolute Gasteiger partial charge is 0.164 e. The summed E-state index contributed by atoms with van der Waals surface area (Å²) < 4.78 is 2.36. The number of aromatic nitrogens is 4. The van der Waals surface area contributed by atoms with Crippen LogP contribution in [0.15, 0.2) is 182 Å². The van der Waals surface area contributed by atoms with Crippen molar-refractivity contribution in [3.63, 3.8) is 0 Å². The lowest BCUT2D eigenvalue weighted by molar-refractivity contribution is 1.07. The monoisotopic (exact) mass is 626 g/mol. The van der Waals surface area contributed by atoms with Gasteiger partial charge in [-0.25, -0.2) is 15.0 Å². The van der Waals surface area contributed by atoms with Crippen molar-refractivity contribution < 1.29 is 0 Å². The molecule has 7 aromatic carbocycles. The van der Waals surface area contributed by atoms with Crippen molar-refractivity contribution >= 4 is 21.8 Å². The lowest BCUT2D eigenvalue weighted by atomic mass is 9.98. The van der Waals surface area contributed by atoms with Crippen LogP contribution in [0.1, 0.15) is 0 Å². The average molecular weight is 627 g/mol. The predicted octanol–water partition coefficient (Wildman–Crippen LogP) is 11.3. The van der Waals surface area contributed by atoms with E-state index in [2.05, 4.69) is 126 Å². The Balaban J connectivity index is 1.15. The van der Waals surface area contributed by atoms with Crippen LogP contribution < -0.4 is 0 Å². The molecule has 0 saturated carbocycles. The third kappa shape index (κ3) is 5.35. The molecule has 0 aliphatic carbocycles. The van der Waals surface area contributed by atoms with Crippen LogP contribution in [0.2, 0.25) is 0 Å². The van der Waals surface area contributed by atoms with E-state index in [1.807, 2.05) is 60.7 Å². The highest BCUT2D eigenvalue weighted by Gasteiger charge is 2.16. The maximum absolute atomic E-state index is 4.94. The first-order valence-electron chi connectivity index (χ1n) is 16.5. The molecule has 0 aliphatic rings. The first-order chi connectivity index (χ1) is 24.3. The summed E-state index contributed by atoms with van der Waals surface area (Å²) in [5.74, 6) is 1.95. The fourth-order valence-corrected chi connectivity index (χ4v) is 6.63. The second-order valence-corrected chi connectivity index (χ2v) is 12.1. The molecule has 9 rings (SSSR count). The maximum atomic E-state index is 4.94. The zero-order valence-electron chi connectivity index (χ0n) is 26.6. The van der Waals surface area contributed by atoms with E-state index in [4.69, 9.17) is 15.0 Å². The highest BCUT2D eigenvalue weighted by atomic mass is 15.0. The average Bonchev–Trinajstić information content (AvgIpc) is 3.52. The van der Waals surface area contributed by atoms with Gasteiger partial charge < -0.3 is 4.57 Å². The van der Waals surface area contributed by atoms with Gasteiger partial charge in [0.2, 0.25) is 0 Å². The largest absolute Gasteiger partial charge is 0.309 e. The molecule has 0 fully saturated rings. The number of nitrogens with zero attached hydrogens (tertiary/aromatic N) is 4. The van der Waals surface area contributed by atoms with Crippen molar-refractivity contribution in [2.75, 3.05) is 0 Å². The molecule has 2 heterocycles. The SMILES string of the molecule is c1ccc(-c2cccc(-c3ccc4c5ccccc5n(-c5ccc(-c6nc(-c7ccccc7)nc(-c7ccccc7)n6)cc5)c4c3)c2)cc1. The van der Waals surface area contributed by atoms with E-state index in [1.165, 1.54) is 38.5 Å². The van der Waals surface area contributed by atoms with Gasteiger partial charge in [0, 0.05) is 33.2 Å². The summed E-state index contributed by atoms with van der Waals surface area (Å²) in [7, 11) is 0. The van der Waals surface area contributed by atoms with Crippen LogP contribution in [0.25, 0.3) is 83.9 Å². The molecule has 0 aliphatic heterocycles. The van der Waals surface area contributed by atoms with Crippen LogP contribution in [0.5, 0.6) is 0 Å². The van der Waals surface area contributed by atoms with Gasteiger partial charge in [-0.15, -0.1) is 0 Å². The maximum Gasteiger partial charge on any atom is 0.164 e. The molecule has 0 saturated heterocycles. The summed E-state index contributed by atoms with van der Waals surface area (Å²) in [4.78, 5) is 14.7. The van der Waals surface area contributed by atoms with Crippen LogP contribution in [-0.2, 0) is 0 Å². The fraction of sp³-hybridized carbons (Fsp3) is 0. The second-order valence-electron chi connectivity index (χ2n) is 12.1. The number of rotatable bonds is 6. The molecule has 4 heteroatoms. The number of hydrogen-bond donors (Lipinski definition) is 0. The molecule has 230 valence electrons. The van der Waals surface area contributed by atoms with Gasteiger partial charge in [-0.1, -0.05) is 140 Å². The third-order valence-corrected chi connectivity index (χ3v) is 9.06. The molecule has 0 spiro atoms. The first kappa shape index (κ1) is 28.6. The lowest BCUT2D eigenvalue weighted by Crippen LogP contribution is -2.00. The van der Waals surface area contributed by atoms with Crippen LogP contribution in [0.3, 0.4) is 0 Å². The molecule has 0 bridgehead atoms. The molecule has 4 nitrogen and oxygen atoms in total. The Morgan fingerprint density at radius 1 is 0.286 bits per heavy atom. The van der Waals surface area contributed by atoms with Crippen molar-refractivity contribution in [2.24, 2.45) is 0 Å². The highest BCUT2D eigenvalue weighted by Crippen LogP contribution is 2.36. The van der Waals surface area contributed by atoms with E-state index in [9.17, 15) is 0 Å². The summed E-state index contributed by atoms with van der Waals surface area (Å²) in [6.07, 6.45) is 0. The number of para-hydroxylation sites is 1. The quantitative estimate of drug-likeness (QED) is 0.184. The summed E-state index contributed by atoms with van der Waals surface area (Å²) >= 11 is 0. The zero-order valence-corrected chi connectivity index (χ0v) is 26.6. The van der Waals surface area contributed by atoms with Gasteiger partial charge in [0.25, 0.3) is 0 Å². The van der Waals surface area contributed by atoms with Gasteiger partial charge in [0.05, 0.1) is 11.0 Å². The van der Waals surface area contributed by atoms with Crippen LogP contribution in [0, 0.1) is 0 Å². The van der Waals surface area contributed by atoms with E-state index < -0.39 is 0 Å². The van der Waals surface area contributed by atoms with Crippen LogP contribution in [0.4, 0.5) is 0 Å². The second kappa shape index (κ2) is 12.2. The van der Waals surface area contributed by atoms with Gasteiger partial charge in [-0.3, -0.25) is 0 Å². The summed E-state index contributed by atoms with van der Waals surface area (Å²) in [6.45, 7) is 0. The van der Waals surface area contributed by atoms with Gasteiger partial charge >= 0.3 is 0 Å². The van der Waals surface area contributed by atoms with Crippen molar-refractivity contribution in [3.8, 4) is 62.1 Å². The number of hydrogen-bond acceptors (Lipinski definition) is 3. The molecular weight excluding hydrogens is 597 g/mol. The summed E-state index contributed by atoms with van der Waals surface area (Å²) in [6, 6.07) is 63.5. The Labute approximate surface area is 284 Å². The minimum Gasteiger partial charge on any atom is -0.309 e. The Hall–Kier alpha value is -6.65. The molecule has 49 heavy (non-hydrogen) atoms. The molecule has 0 unspecified atom stereocenters. The Bertz CT molecular complexity index is 2520. The minimum atomic E-state index is 0.641. The molecular formula is C45H30N4. The van der Waals surface area contributed by atoms with Crippen LogP contribution in [-0.4, -0.2) is 19.5 Å². The summed E-state index contributed by atoms with van der Waals surface area (Å²) in [5, 5.41) is 2.45. The Kier molecular flexibility index (Phi) is 7.10. The van der Waals surface area contributed by atoms with Gasteiger partial charge in [-0.05, 0) is 64.7 Å². The van der Waals surface area contributed by atoms with Crippen molar-refractivity contribution in [1.29, 1.82) is 0 Å².